The molecule has 2 heterocycles. The van der Waals surface area contributed by atoms with Gasteiger partial charge in [-0.1, -0.05) is 0 Å². The SMILES string of the molecule is O=C(C(=O)N1CCC(CO)(CO)CC1)c1c[nH]c2ccc(F)cc12. The van der Waals surface area contributed by atoms with Crippen molar-refractivity contribution in [3.8, 4) is 0 Å². The Bertz CT molecular complexity index is 772. The first kappa shape index (κ1) is 16.6. The third-order valence-electron chi connectivity index (χ3n) is 4.86. The number of nitrogens with one attached hydrogen (secondary N) is 1. The van der Waals surface area contributed by atoms with E-state index in [9.17, 15) is 24.2 Å². The number of piperidine rings is 1. The molecular formula is C17H19FN2O4. The molecule has 3 N–H and O–H groups in total. The maximum atomic E-state index is 13.4. The number of halogens is 1. The molecule has 1 fully saturated rings. The largest absolute Gasteiger partial charge is 0.396 e. The molecule has 0 unspecified atom stereocenters. The highest BCUT2D eigenvalue weighted by atomic mass is 19.1. The average molecular weight is 334 g/mol. The number of hydrogen-bond acceptors (Lipinski definition) is 4. The fourth-order valence-corrected chi connectivity index (χ4v) is 3.09. The summed E-state index contributed by atoms with van der Waals surface area (Å²) in [4.78, 5) is 29.2. The smallest absolute Gasteiger partial charge is 0.295 e. The van der Waals surface area contributed by atoms with E-state index in [1.54, 1.807) is 0 Å². The normalized spacial score (nSPS) is 17.2. The number of nitrogens with zero attached hydrogens (tertiary/aromatic N) is 1. The van der Waals surface area contributed by atoms with Crippen LogP contribution in [-0.2, 0) is 4.79 Å². The van der Waals surface area contributed by atoms with Crippen molar-refractivity contribution < 1.29 is 24.2 Å². The topological polar surface area (TPSA) is 93.6 Å². The van der Waals surface area contributed by atoms with Crippen LogP contribution in [-0.4, -0.2) is 58.1 Å². The Morgan fingerprint density at radius 1 is 1.21 bits per heavy atom. The van der Waals surface area contributed by atoms with Crippen LogP contribution in [0.5, 0.6) is 0 Å². The van der Waals surface area contributed by atoms with E-state index in [0.717, 1.165) is 0 Å². The Morgan fingerprint density at radius 2 is 1.88 bits per heavy atom. The third-order valence-corrected chi connectivity index (χ3v) is 4.86. The van der Waals surface area contributed by atoms with Crippen molar-refractivity contribution in [2.24, 2.45) is 5.41 Å². The van der Waals surface area contributed by atoms with E-state index in [-0.39, 0.29) is 18.8 Å². The summed E-state index contributed by atoms with van der Waals surface area (Å²) < 4.78 is 13.4. The quantitative estimate of drug-likeness (QED) is 0.576. The average Bonchev–Trinajstić information content (AvgIpc) is 3.03. The van der Waals surface area contributed by atoms with Gasteiger partial charge in [-0.05, 0) is 31.0 Å². The second-order valence-corrected chi connectivity index (χ2v) is 6.33. The number of fused-ring (bicyclic) bond motifs is 1. The van der Waals surface area contributed by atoms with Crippen LogP contribution in [0.25, 0.3) is 10.9 Å². The lowest BCUT2D eigenvalue weighted by Crippen LogP contribution is -2.48. The molecule has 1 aromatic heterocycles. The van der Waals surface area contributed by atoms with Crippen LogP contribution in [0.4, 0.5) is 4.39 Å². The van der Waals surface area contributed by atoms with Crippen LogP contribution in [0.3, 0.4) is 0 Å². The lowest BCUT2D eigenvalue weighted by molar-refractivity contribution is -0.130. The van der Waals surface area contributed by atoms with Crippen LogP contribution in [0.1, 0.15) is 23.2 Å². The zero-order chi connectivity index (χ0) is 17.3. The van der Waals surface area contributed by atoms with E-state index in [1.165, 1.54) is 29.3 Å². The van der Waals surface area contributed by atoms with Crippen LogP contribution >= 0.6 is 0 Å². The van der Waals surface area contributed by atoms with Crippen molar-refractivity contribution >= 4 is 22.6 Å². The number of rotatable bonds is 4. The molecule has 0 bridgehead atoms. The van der Waals surface area contributed by atoms with Crippen LogP contribution in [0, 0.1) is 11.2 Å². The van der Waals surface area contributed by atoms with E-state index < -0.39 is 22.9 Å². The van der Waals surface area contributed by atoms with E-state index in [4.69, 9.17) is 0 Å². The number of aromatic amines is 1. The van der Waals surface area contributed by atoms with Crippen molar-refractivity contribution in [3.63, 3.8) is 0 Å². The molecule has 6 nitrogen and oxygen atoms in total. The molecule has 1 amide bonds. The Kier molecular flexibility index (Phi) is 4.38. The minimum Gasteiger partial charge on any atom is -0.396 e. The molecule has 1 saturated heterocycles. The second kappa shape index (κ2) is 6.33. The number of Topliss-reactive ketones (excluding diaryl/α,β-unsaturated/α-hetero) is 1. The van der Waals surface area contributed by atoms with E-state index in [1.807, 2.05) is 0 Å². The first-order valence-corrected chi connectivity index (χ1v) is 7.82. The summed E-state index contributed by atoms with van der Waals surface area (Å²) in [7, 11) is 0. The van der Waals surface area contributed by atoms with Crippen molar-refractivity contribution in [2.75, 3.05) is 26.3 Å². The van der Waals surface area contributed by atoms with Crippen molar-refractivity contribution in [1.82, 2.24) is 9.88 Å². The Labute approximate surface area is 137 Å². The maximum absolute atomic E-state index is 13.4. The van der Waals surface area contributed by atoms with Crippen molar-refractivity contribution in [3.05, 3.63) is 35.8 Å². The number of aliphatic hydroxyl groups excluding tert-OH is 2. The Morgan fingerprint density at radius 3 is 2.50 bits per heavy atom. The minimum absolute atomic E-state index is 0.149. The zero-order valence-electron chi connectivity index (χ0n) is 13.1. The molecule has 24 heavy (non-hydrogen) atoms. The van der Waals surface area contributed by atoms with Gasteiger partial charge in [0.05, 0.1) is 18.8 Å². The standard InChI is InChI=1S/C17H19FN2O4/c18-11-1-2-14-12(7-11)13(8-19-14)15(23)16(24)20-5-3-17(9-21,10-22)4-6-20/h1-2,7-8,19,21-22H,3-6,9-10H2. The number of ketones is 1. The molecule has 1 aromatic carbocycles. The number of carbonyl (C=O) groups excluding carboxylic acids is 2. The highest BCUT2D eigenvalue weighted by Gasteiger charge is 2.36. The molecular weight excluding hydrogens is 315 g/mol. The number of hydrogen-bond donors (Lipinski definition) is 3. The Hall–Kier alpha value is -2.25. The number of aromatic nitrogens is 1. The summed E-state index contributed by atoms with van der Waals surface area (Å²) in [6.07, 6.45) is 2.28. The number of carbonyl (C=O) groups is 2. The molecule has 1 aliphatic heterocycles. The Balaban J connectivity index is 1.78. The highest BCUT2D eigenvalue weighted by molar-refractivity contribution is 6.44. The summed E-state index contributed by atoms with van der Waals surface area (Å²) in [5.74, 6) is -1.81. The lowest BCUT2D eigenvalue weighted by Gasteiger charge is -2.39. The van der Waals surface area contributed by atoms with Gasteiger partial charge in [0.2, 0.25) is 0 Å². The highest BCUT2D eigenvalue weighted by Crippen LogP contribution is 2.31. The summed E-state index contributed by atoms with van der Waals surface area (Å²) in [5, 5.41) is 19.2. The van der Waals surface area contributed by atoms with Gasteiger partial charge >= 0.3 is 0 Å². The van der Waals surface area contributed by atoms with Crippen molar-refractivity contribution in [1.29, 1.82) is 0 Å². The van der Waals surface area contributed by atoms with Gasteiger partial charge in [0.25, 0.3) is 11.7 Å². The van der Waals surface area contributed by atoms with Gasteiger partial charge in [0, 0.05) is 35.6 Å². The number of benzene rings is 1. The predicted octanol–water partition coefficient (Wildman–Crippen LogP) is 1.08. The first-order valence-electron chi connectivity index (χ1n) is 7.82. The van der Waals surface area contributed by atoms with Crippen LogP contribution in [0.2, 0.25) is 0 Å². The van der Waals surface area contributed by atoms with Crippen LogP contribution < -0.4 is 0 Å². The van der Waals surface area contributed by atoms with Gasteiger partial charge in [0.15, 0.2) is 0 Å². The van der Waals surface area contributed by atoms with E-state index >= 15 is 0 Å². The zero-order valence-corrected chi connectivity index (χ0v) is 13.1. The molecule has 0 spiro atoms. The van der Waals surface area contributed by atoms with E-state index in [2.05, 4.69) is 4.98 Å². The number of H-pyrrole nitrogens is 1. The monoisotopic (exact) mass is 334 g/mol. The number of likely N-dealkylation sites (tertiary alicyclic amines) is 1. The molecule has 0 aliphatic carbocycles. The molecule has 2 aromatic rings. The second-order valence-electron chi connectivity index (χ2n) is 6.33. The molecule has 0 atom stereocenters. The number of amides is 1. The predicted molar refractivity (Wildman–Crippen MR) is 85.0 cm³/mol. The lowest BCUT2D eigenvalue weighted by atomic mass is 9.80. The van der Waals surface area contributed by atoms with Gasteiger partial charge in [-0.25, -0.2) is 4.39 Å². The van der Waals surface area contributed by atoms with Crippen LogP contribution in [0.15, 0.2) is 24.4 Å². The third kappa shape index (κ3) is 2.81. The summed E-state index contributed by atoms with van der Waals surface area (Å²) in [5.41, 5.74) is 0.144. The summed E-state index contributed by atoms with van der Waals surface area (Å²) in [6.45, 7) is 0.285. The van der Waals surface area contributed by atoms with Gasteiger partial charge in [-0.2, -0.15) is 0 Å². The van der Waals surface area contributed by atoms with Crippen molar-refractivity contribution in [2.45, 2.75) is 12.8 Å². The first-order chi connectivity index (χ1) is 11.5. The molecule has 0 saturated carbocycles. The minimum atomic E-state index is -0.688. The fourth-order valence-electron chi connectivity index (χ4n) is 3.09. The molecule has 3 rings (SSSR count). The summed E-state index contributed by atoms with van der Waals surface area (Å²) in [6, 6.07) is 4.03. The molecule has 1 aliphatic rings. The maximum Gasteiger partial charge on any atom is 0.295 e. The fraction of sp³-hybridized carbons (Fsp3) is 0.412. The molecule has 128 valence electrons. The van der Waals surface area contributed by atoms with Gasteiger partial charge < -0.3 is 20.1 Å². The number of aliphatic hydroxyl groups is 2. The van der Waals surface area contributed by atoms with Gasteiger partial charge in [-0.15, -0.1) is 0 Å². The van der Waals surface area contributed by atoms with E-state index in [0.29, 0.717) is 36.8 Å². The summed E-state index contributed by atoms with van der Waals surface area (Å²) >= 11 is 0. The molecule has 0 radical (unpaired) electrons. The molecule has 7 heteroatoms. The van der Waals surface area contributed by atoms with Gasteiger partial charge in [-0.3, -0.25) is 9.59 Å². The van der Waals surface area contributed by atoms with Gasteiger partial charge in [0.1, 0.15) is 5.82 Å².